The van der Waals surface area contributed by atoms with E-state index in [1.54, 1.807) is 83.5 Å². The average Bonchev–Trinajstić information content (AvgIpc) is 1.38. The standard InChI is InChI=1S/C15H21F2NO.C15H19FN2O.C14H19ClFN.C14H22FN.C12H18O2S.C11H14ClFO/c1-10(2)14(15(17)6-7-18-9-15)11-4-5-13(19-3)12(16)8-11;1-10(2)15(12-8-17-18(3)9-12)11-5-6-14(19-4)13(16)7-11;1-9(2)11-7-17(3)8-12(11)10-4-5-13(15)14(16)6-10;1-14(2,3)13(10-16(4)5)11-6-8-12(15)9-7-11;1-12(2,3)9-10-6-5-7-11(8-10)15(4,13)14;1-7(2)9(6-14)8-3-4-11(13)10(12)5-8/h4-5,8,10,14,18H,6-7,9H2,1-3H3;5-10,15H,1-4H3;4-6,9,11-12H,7-8H2,1-3H3;6-9,13H,10H2,1-5H3;5-8H,9H2,1-4H3;3-5,7,9,14H,6H2,1-2H3/t14?,15-;15-;11-,12-;13-;;9-/m0001.0/s1. The van der Waals surface area contributed by atoms with Gasteiger partial charge in [-0.3, -0.25) is 4.68 Å². The summed E-state index contributed by atoms with van der Waals surface area (Å²) in [6, 6.07) is 33.8. The van der Waals surface area contributed by atoms with E-state index in [1.807, 2.05) is 77.5 Å². The number of aromatic nitrogens is 2. The maximum absolute atomic E-state index is 15.0. The number of hydrogen-bond acceptors (Lipinski definition) is 9. The molecule has 19 heteroatoms. The molecule has 6 aromatic carbocycles. The molecule has 0 aliphatic carbocycles. The van der Waals surface area contributed by atoms with Gasteiger partial charge in [0, 0.05) is 75.3 Å². The highest BCUT2D eigenvalue weighted by Crippen LogP contribution is 2.43. The fraction of sp³-hybridized carbons (Fsp3) is 0.519. The number of halogens is 8. The maximum Gasteiger partial charge on any atom is 0.175 e. The average molecular weight is 1450 g/mol. The quantitative estimate of drug-likeness (QED) is 0.0812. The van der Waals surface area contributed by atoms with Crippen LogP contribution in [0.25, 0.3) is 0 Å². The molecule has 0 spiro atoms. The number of methoxy groups -OCH3 is 2. The van der Waals surface area contributed by atoms with Crippen LogP contribution < -0.4 is 14.8 Å². The molecule has 1 unspecified atom stereocenters. The smallest absolute Gasteiger partial charge is 0.175 e. The number of rotatable bonds is 18. The number of alkyl halides is 1. The number of ether oxygens (including phenoxy) is 2. The lowest BCUT2D eigenvalue weighted by Gasteiger charge is -2.33. The number of likely N-dealkylation sites (N-methyl/N-ethyl adjacent to an activating group) is 2. The Hall–Kier alpha value is -5.92. The molecular formula is C81H113Cl2F6N5O5S. The fourth-order valence-electron chi connectivity index (χ4n) is 13.2. The minimum atomic E-state index is -3.08. The summed E-state index contributed by atoms with van der Waals surface area (Å²) in [5.41, 5.74) is 6.06. The third-order valence-corrected chi connectivity index (χ3v) is 20.0. The van der Waals surface area contributed by atoms with E-state index >= 15 is 4.39 Å². The van der Waals surface area contributed by atoms with Crippen molar-refractivity contribution in [3.05, 3.63) is 212 Å². The van der Waals surface area contributed by atoms with E-state index in [-0.39, 0.29) is 80.1 Å². The maximum atomic E-state index is 15.0. The van der Waals surface area contributed by atoms with Crippen molar-refractivity contribution in [3.63, 3.8) is 0 Å². The Labute approximate surface area is 605 Å². The molecule has 1 aromatic heterocycles. The lowest BCUT2D eigenvalue weighted by molar-refractivity contribution is 0.120. The first-order valence-corrected chi connectivity index (χ1v) is 37.1. The van der Waals surface area contributed by atoms with Gasteiger partial charge in [0.1, 0.15) is 23.1 Å². The molecule has 2 saturated heterocycles. The van der Waals surface area contributed by atoms with Gasteiger partial charge in [0.2, 0.25) is 0 Å². The number of nitrogens with zero attached hydrogens (tertiary/aromatic N) is 4. The van der Waals surface area contributed by atoms with Crippen LogP contribution >= 0.6 is 23.2 Å². The fourth-order valence-corrected chi connectivity index (χ4v) is 14.2. The van der Waals surface area contributed by atoms with Gasteiger partial charge in [-0.1, -0.05) is 169 Å². The molecule has 2 aliphatic heterocycles. The first-order valence-electron chi connectivity index (χ1n) is 34.5. The topological polar surface area (TPSA) is 109 Å². The summed E-state index contributed by atoms with van der Waals surface area (Å²) in [7, 11) is 7.97. The van der Waals surface area contributed by atoms with Gasteiger partial charge in [-0.05, 0) is 193 Å². The normalized spacial score (nSPS) is 17.6. The molecule has 100 heavy (non-hydrogen) atoms. The van der Waals surface area contributed by atoms with Crippen LogP contribution in [0.5, 0.6) is 11.5 Å². The first-order chi connectivity index (χ1) is 46.5. The van der Waals surface area contributed by atoms with Gasteiger partial charge in [0.05, 0.1) is 42.0 Å². The number of benzene rings is 6. The Morgan fingerprint density at radius 2 is 1.26 bits per heavy atom. The second-order valence-corrected chi connectivity index (χ2v) is 33.5. The van der Waals surface area contributed by atoms with Crippen molar-refractivity contribution in [2.45, 2.75) is 150 Å². The molecule has 0 saturated carbocycles. The number of aliphatic hydroxyl groups is 1. The van der Waals surface area contributed by atoms with Crippen LogP contribution in [0.15, 0.2) is 139 Å². The third kappa shape index (κ3) is 26.7. The molecule has 0 radical (unpaired) electrons. The predicted molar refractivity (Wildman–Crippen MR) is 401 cm³/mol. The zero-order valence-electron chi connectivity index (χ0n) is 62.9. The van der Waals surface area contributed by atoms with E-state index in [0.717, 1.165) is 53.9 Å². The minimum absolute atomic E-state index is 0.0214. The molecule has 554 valence electrons. The molecule has 0 amide bonds. The van der Waals surface area contributed by atoms with Crippen molar-refractivity contribution in [1.82, 2.24) is 24.9 Å². The molecular weight excluding hydrogens is 1340 g/mol. The second kappa shape index (κ2) is 39.1. The van der Waals surface area contributed by atoms with Gasteiger partial charge in [-0.15, -0.1) is 0 Å². The largest absolute Gasteiger partial charge is 0.494 e. The van der Waals surface area contributed by atoms with E-state index in [0.29, 0.717) is 65.5 Å². The first kappa shape index (κ1) is 86.5. The zero-order valence-corrected chi connectivity index (χ0v) is 65.3. The van der Waals surface area contributed by atoms with Crippen molar-refractivity contribution < 1.29 is 49.3 Å². The van der Waals surface area contributed by atoms with Crippen molar-refractivity contribution in [2.75, 3.05) is 80.9 Å². The highest BCUT2D eigenvalue weighted by atomic mass is 35.5. The highest BCUT2D eigenvalue weighted by Gasteiger charge is 2.44. The van der Waals surface area contributed by atoms with Crippen molar-refractivity contribution >= 4 is 33.0 Å². The third-order valence-electron chi connectivity index (χ3n) is 18.3. The summed E-state index contributed by atoms with van der Waals surface area (Å²) in [5, 5.41) is 16.8. The van der Waals surface area contributed by atoms with Crippen molar-refractivity contribution in [1.29, 1.82) is 0 Å². The van der Waals surface area contributed by atoms with E-state index in [2.05, 4.69) is 111 Å². The van der Waals surface area contributed by atoms with Gasteiger partial charge in [0.25, 0.3) is 0 Å². The minimum Gasteiger partial charge on any atom is -0.494 e. The van der Waals surface area contributed by atoms with Crippen LogP contribution in [-0.4, -0.2) is 120 Å². The molecule has 3 heterocycles. The zero-order chi connectivity index (χ0) is 75.4. The van der Waals surface area contributed by atoms with Gasteiger partial charge in [-0.2, -0.15) is 5.10 Å². The van der Waals surface area contributed by atoms with Crippen LogP contribution in [-0.2, 0) is 23.3 Å². The van der Waals surface area contributed by atoms with Gasteiger partial charge < -0.3 is 29.7 Å². The molecule has 2 aliphatic rings. The van der Waals surface area contributed by atoms with E-state index < -0.39 is 27.1 Å². The molecule has 0 bridgehead atoms. The molecule has 7 aromatic rings. The SMILES string of the molecule is CC(C)(C)Cc1cccc(S(C)(=O)=O)c1.CC(C)[C@@H]1CN(C)C[C@H]1c1ccc(Cl)c(F)c1.CC(C)[C@H](CO)c1ccc(F)c(Cl)c1.CN(C)C[C@H](c1ccc(F)cc1)C(C)(C)C.COc1ccc(C(C(C)C)[C@]2(F)CCNC2)cc1F.COc1ccc([C@@H](c2cnn(C)c2)C(C)C)cc1F. The highest BCUT2D eigenvalue weighted by molar-refractivity contribution is 7.90. The van der Waals surface area contributed by atoms with Crippen LogP contribution in [0.1, 0.15) is 172 Å². The number of sulfone groups is 1. The number of aliphatic hydroxyl groups excluding tert-OH is 1. The second-order valence-electron chi connectivity index (χ2n) is 30.6. The molecule has 2 fully saturated rings. The summed E-state index contributed by atoms with van der Waals surface area (Å²) in [6.07, 6.45) is 6.42. The molecule has 7 atom stereocenters. The van der Waals surface area contributed by atoms with Crippen LogP contribution in [0.3, 0.4) is 0 Å². The Bertz CT molecular complexity index is 3740. The Kier molecular flexibility index (Phi) is 33.8. The lowest BCUT2D eigenvalue weighted by atomic mass is 9.75. The summed E-state index contributed by atoms with van der Waals surface area (Å²) in [6.45, 7) is 34.0. The Morgan fingerprint density at radius 1 is 0.680 bits per heavy atom. The van der Waals surface area contributed by atoms with E-state index in [1.165, 1.54) is 38.2 Å². The van der Waals surface area contributed by atoms with E-state index in [4.69, 9.17) is 32.7 Å². The predicted octanol–water partition coefficient (Wildman–Crippen LogP) is 19.8. The lowest BCUT2D eigenvalue weighted by Crippen LogP contribution is -2.36. The van der Waals surface area contributed by atoms with Crippen LogP contribution in [0.4, 0.5) is 26.3 Å². The number of aryl methyl sites for hydroxylation is 1. The van der Waals surface area contributed by atoms with Gasteiger partial charge in [-0.25, -0.2) is 34.8 Å². The summed E-state index contributed by atoms with van der Waals surface area (Å²) in [5.74, 6) is 1.51. The summed E-state index contributed by atoms with van der Waals surface area (Å²) < 4.78 is 116. The summed E-state index contributed by atoms with van der Waals surface area (Å²) in [4.78, 5) is 4.91. The molecule has 2 N–H and O–H groups in total. The molecule has 10 nitrogen and oxygen atoms in total. The monoisotopic (exact) mass is 1450 g/mol. The van der Waals surface area contributed by atoms with Crippen molar-refractivity contribution in [3.8, 4) is 11.5 Å². The van der Waals surface area contributed by atoms with Gasteiger partial charge >= 0.3 is 0 Å². The molecule has 9 rings (SSSR count). The van der Waals surface area contributed by atoms with Crippen molar-refractivity contribution in [2.24, 2.45) is 47.5 Å². The van der Waals surface area contributed by atoms with Gasteiger partial charge in [0.15, 0.2) is 33.0 Å². The number of likely N-dealkylation sites (tertiary alicyclic amines) is 1. The Morgan fingerprint density at radius 3 is 1.71 bits per heavy atom. The Balaban J connectivity index is 0.000000256. The summed E-state index contributed by atoms with van der Waals surface area (Å²) >= 11 is 11.4. The van der Waals surface area contributed by atoms with Crippen LogP contribution in [0.2, 0.25) is 10.0 Å². The number of hydrogen-bond donors (Lipinski definition) is 2. The van der Waals surface area contributed by atoms with E-state index in [9.17, 15) is 35.5 Å². The number of nitrogens with one attached hydrogen (secondary N) is 1. The van der Waals surface area contributed by atoms with Crippen LogP contribution in [0, 0.1) is 69.5 Å².